The van der Waals surface area contributed by atoms with Crippen LogP contribution in [0.5, 0.6) is 0 Å². The van der Waals surface area contributed by atoms with Crippen molar-refractivity contribution in [3.8, 4) is 0 Å². The average Bonchev–Trinajstić information content (AvgIpc) is 2.58. The Morgan fingerprint density at radius 1 is 1.03 bits per heavy atom. The summed E-state index contributed by atoms with van der Waals surface area (Å²) in [5.74, 6) is -3.93. The van der Waals surface area contributed by atoms with Crippen molar-refractivity contribution in [1.82, 2.24) is 10.6 Å². The molecule has 166 valence electrons. The van der Waals surface area contributed by atoms with Crippen molar-refractivity contribution in [3.05, 3.63) is 48.0 Å². The number of ether oxygens (including phenoxy) is 1. The van der Waals surface area contributed by atoms with Gasteiger partial charge in [0.15, 0.2) is 0 Å². The summed E-state index contributed by atoms with van der Waals surface area (Å²) >= 11 is 0. The van der Waals surface area contributed by atoms with Gasteiger partial charge in [-0.05, 0) is 39.7 Å². The first-order chi connectivity index (χ1) is 13.7. The average molecular weight is 428 g/mol. The molecule has 0 aliphatic heterocycles. The molecule has 0 heterocycles. The summed E-state index contributed by atoms with van der Waals surface area (Å²) in [7, 11) is 0. The monoisotopic (exact) mass is 428 g/mol. The van der Waals surface area contributed by atoms with Gasteiger partial charge in [0.2, 0.25) is 5.91 Å². The number of hydrogen-bond donors (Lipinski definition) is 2. The molecule has 0 aliphatic carbocycles. The summed E-state index contributed by atoms with van der Waals surface area (Å²) in [6, 6.07) is 5.53. The summed E-state index contributed by atoms with van der Waals surface area (Å²) in [5.41, 5.74) is 0.266. The molecule has 0 bridgehead atoms. The fraction of sp³-hybridized carbons (Fsp3) is 0.476. The minimum absolute atomic E-state index is 0.0337. The van der Waals surface area contributed by atoms with Crippen LogP contribution in [0.15, 0.2) is 42.5 Å². The molecule has 30 heavy (non-hydrogen) atoms. The van der Waals surface area contributed by atoms with Gasteiger partial charge in [-0.25, -0.2) is 4.79 Å². The molecule has 0 saturated carbocycles. The molecule has 0 unspecified atom stereocenters. The van der Waals surface area contributed by atoms with Gasteiger partial charge < -0.3 is 15.4 Å². The Hall–Kier alpha value is -2.84. The SMILES string of the molecule is C=C(C)C[C@@H](NC(=O)[C@H](Cc1ccccc1)NC(=O)C(F)(F)F)C(=O)OC(C)(C)C. The Morgan fingerprint density at radius 3 is 2.07 bits per heavy atom. The quantitative estimate of drug-likeness (QED) is 0.492. The first-order valence-electron chi connectivity index (χ1n) is 9.28. The van der Waals surface area contributed by atoms with Crippen LogP contribution in [0, 0.1) is 0 Å². The second kappa shape index (κ2) is 10.3. The van der Waals surface area contributed by atoms with Gasteiger partial charge in [-0.2, -0.15) is 13.2 Å². The number of benzene rings is 1. The summed E-state index contributed by atoms with van der Waals surface area (Å²) < 4.78 is 43.5. The maximum absolute atomic E-state index is 12.7. The van der Waals surface area contributed by atoms with Crippen LogP contribution in [0.1, 0.15) is 39.7 Å². The van der Waals surface area contributed by atoms with Gasteiger partial charge >= 0.3 is 18.1 Å². The normalized spacial score (nSPS) is 13.7. The molecule has 0 aliphatic rings. The zero-order chi connectivity index (χ0) is 23.1. The highest BCUT2D eigenvalue weighted by Gasteiger charge is 2.41. The number of amides is 2. The van der Waals surface area contributed by atoms with Crippen LogP contribution >= 0.6 is 0 Å². The molecule has 0 fully saturated rings. The van der Waals surface area contributed by atoms with E-state index in [0.717, 1.165) is 0 Å². The second-order valence-corrected chi connectivity index (χ2v) is 7.97. The number of nitrogens with one attached hydrogen (secondary N) is 2. The number of carbonyl (C=O) groups is 3. The highest BCUT2D eigenvalue weighted by Crippen LogP contribution is 2.16. The molecule has 0 radical (unpaired) electrons. The van der Waals surface area contributed by atoms with Gasteiger partial charge in [-0.1, -0.05) is 35.9 Å². The molecular weight excluding hydrogens is 401 g/mol. The van der Waals surface area contributed by atoms with Crippen LogP contribution < -0.4 is 10.6 Å². The van der Waals surface area contributed by atoms with Gasteiger partial charge in [-0.3, -0.25) is 9.59 Å². The largest absolute Gasteiger partial charge is 0.471 e. The van der Waals surface area contributed by atoms with Gasteiger partial charge in [0.05, 0.1) is 0 Å². The van der Waals surface area contributed by atoms with Crippen molar-refractivity contribution in [2.75, 3.05) is 0 Å². The third-order valence-corrected chi connectivity index (χ3v) is 3.72. The molecule has 2 N–H and O–H groups in total. The Labute approximate surface area is 173 Å². The molecule has 6 nitrogen and oxygen atoms in total. The zero-order valence-electron chi connectivity index (χ0n) is 17.4. The molecular formula is C21H27F3N2O4. The van der Waals surface area contributed by atoms with Crippen molar-refractivity contribution in [2.45, 2.75) is 64.4 Å². The van der Waals surface area contributed by atoms with Crippen LogP contribution in [0.3, 0.4) is 0 Å². The molecule has 2 amide bonds. The molecule has 0 spiro atoms. The highest BCUT2D eigenvalue weighted by atomic mass is 19.4. The molecule has 1 aromatic carbocycles. The Kier molecular flexibility index (Phi) is 8.62. The van der Waals surface area contributed by atoms with E-state index in [-0.39, 0.29) is 12.8 Å². The number of esters is 1. The molecule has 9 heteroatoms. The van der Waals surface area contributed by atoms with E-state index in [1.165, 1.54) is 0 Å². The lowest BCUT2D eigenvalue weighted by Crippen LogP contribution is -2.55. The lowest BCUT2D eigenvalue weighted by Gasteiger charge is -2.26. The van der Waals surface area contributed by atoms with E-state index in [0.29, 0.717) is 11.1 Å². The van der Waals surface area contributed by atoms with E-state index in [1.54, 1.807) is 63.3 Å². The number of halogens is 3. The van der Waals surface area contributed by atoms with Crippen molar-refractivity contribution in [2.24, 2.45) is 0 Å². The molecule has 0 aromatic heterocycles. The van der Waals surface area contributed by atoms with Gasteiger partial charge in [0.25, 0.3) is 0 Å². The Morgan fingerprint density at radius 2 is 1.60 bits per heavy atom. The molecule has 1 aromatic rings. The lowest BCUT2D eigenvalue weighted by atomic mass is 10.0. The smallest absolute Gasteiger partial charge is 0.458 e. The number of rotatable bonds is 8. The number of carbonyl (C=O) groups excluding carboxylic acids is 3. The summed E-state index contributed by atoms with van der Waals surface area (Å²) in [5, 5.41) is 4.09. The van der Waals surface area contributed by atoms with Crippen molar-refractivity contribution >= 4 is 17.8 Å². The van der Waals surface area contributed by atoms with E-state index >= 15 is 0 Å². The Balaban J connectivity index is 3.07. The van der Waals surface area contributed by atoms with Crippen LogP contribution in [-0.2, 0) is 25.5 Å². The van der Waals surface area contributed by atoms with E-state index in [9.17, 15) is 27.6 Å². The molecule has 0 saturated heterocycles. The standard InChI is InChI=1S/C21H27F3N2O4/c1-13(2)11-16(18(28)30-20(3,4)5)25-17(27)15(26-19(29)21(22,23)24)12-14-9-7-6-8-10-14/h6-10,15-16H,1,11-12H2,2-5H3,(H,25,27)(H,26,29)/t15-,16+/m0/s1. The topological polar surface area (TPSA) is 84.5 Å². The van der Waals surface area contributed by atoms with Crippen LogP contribution in [-0.4, -0.2) is 41.6 Å². The van der Waals surface area contributed by atoms with Crippen LogP contribution in [0.2, 0.25) is 0 Å². The predicted octanol–water partition coefficient (Wildman–Crippen LogP) is 3.07. The van der Waals surface area contributed by atoms with E-state index in [1.807, 2.05) is 0 Å². The van der Waals surface area contributed by atoms with Gasteiger partial charge in [0, 0.05) is 6.42 Å². The van der Waals surface area contributed by atoms with Gasteiger partial charge in [-0.15, -0.1) is 6.58 Å². The summed E-state index contributed by atoms with van der Waals surface area (Å²) in [6.45, 7) is 10.3. The van der Waals surface area contributed by atoms with Crippen LogP contribution in [0.4, 0.5) is 13.2 Å². The van der Waals surface area contributed by atoms with E-state index in [2.05, 4.69) is 11.9 Å². The van der Waals surface area contributed by atoms with E-state index in [4.69, 9.17) is 4.74 Å². The minimum atomic E-state index is -5.16. The zero-order valence-corrected chi connectivity index (χ0v) is 17.4. The lowest BCUT2D eigenvalue weighted by molar-refractivity contribution is -0.174. The summed E-state index contributed by atoms with van der Waals surface area (Å²) in [4.78, 5) is 36.6. The fourth-order valence-corrected chi connectivity index (χ4v) is 2.49. The summed E-state index contributed by atoms with van der Waals surface area (Å²) in [6.07, 6.45) is -5.31. The number of hydrogen-bond acceptors (Lipinski definition) is 4. The van der Waals surface area contributed by atoms with Crippen LogP contribution in [0.25, 0.3) is 0 Å². The minimum Gasteiger partial charge on any atom is -0.458 e. The molecule has 1 rings (SSSR count). The Bertz CT molecular complexity index is 771. The first-order valence-corrected chi connectivity index (χ1v) is 9.28. The fourth-order valence-electron chi connectivity index (χ4n) is 2.49. The predicted molar refractivity (Wildman–Crippen MR) is 105 cm³/mol. The van der Waals surface area contributed by atoms with Crippen molar-refractivity contribution in [3.63, 3.8) is 0 Å². The molecule has 2 atom stereocenters. The maximum Gasteiger partial charge on any atom is 0.471 e. The van der Waals surface area contributed by atoms with Gasteiger partial charge in [0.1, 0.15) is 17.7 Å². The maximum atomic E-state index is 12.7. The third kappa shape index (κ3) is 9.11. The van der Waals surface area contributed by atoms with Crippen molar-refractivity contribution < 1.29 is 32.3 Å². The first kappa shape index (κ1) is 25.2. The van der Waals surface area contributed by atoms with E-state index < -0.39 is 41.6 Å². The number of alkyl halides is 3. The second-order valence-electron chi connectivity index (χ2n) is 7.97. The highest BCUT2D eigenvalue weighted by molar-refractivity contribution is 5.92. The third-order valence-electron chi connectivity index (χ3n) is 3.72. The van der Waals surface area contributed by atoms with Crippen molar-refractivity contribution in [1.29, 1.82) is 0 Å².